The molecule has 3 aromatic rings. The first-order valence-electron chi connectivity index (χ1n) is 13.1. The van der Waals surface area contributed by atoms with Crippen LogP contribution in [0.4, 0.5) is 0 Å². The monoisotopic (exact) mass is 528 g/mol. The Hall–Kier alpha value is -4.24. The molecule has 5 rings (SSSR count). The third-order valence-electron chi connectivity index (χ3n) is 7.37. The average Bonchev–Trinajstić information content (AvgIpc) is 3.34. The lowest BCUT2D eigenvalue weighted by Gasteiger charge is -2.44. The Bertz CT molecular complexity index is 1350. The van der Waals surface area contributed by atoms with Crippen LogP contribution in [0.1, 0.15) is 44.8 Å². The van der Waals surface area contributed by atoms with Crippen molar-refractivity contribution in [1.29, 1.82) is 0 Å². The molecule has 2 aliphatic rings. The molecule has 9 nitrogen and oxygen atoms in total. The van der Waals surface area contributed by atoms with E-state index < -0.39 is 11.8 Å². The predicted molar refractivity (Wildman–Crippen MR) is 144 cm³/mol. The van der Waals surface area contributed by atoms with Crippen molar-refractivity contribution in [2.24, 2.45) is 0 Å². The van der Waals surface area contributed by atoms with Gasteiger partial charge in [0.25, 0.3) is 11.8 Å². The summed E-state index contributed by atoms with van der Waals surface area (Å²) in [6.45, 7) is 3.02. The van der Waals surface area contributed by atoms with Gasteiger partial charge >= 0.3 is 0 Å². The molecule has 2 saturated heterocycles. The number of pyridine rings is 1. The topological polar surface area (TPSA) is 101 Å². The first kappa shape index (κ1) is 26.4. The van der Waals surface area contributed by atoms with Crippen LogP contribution in [0.5, 0.6) is 5.75 Å². The first-order valence-corrected chi connectivity index (χ1v) is 13.1. The smallest absolute Gasteiger partial charge is 0.256 e. The normalized spacial score (nSPS) is 18.2. The molecule has 1 spiro atoms. The largest absolute Gasteiger partial charge is 0.497 e. The maximum atomic E-state index is 13.9. The summed E-state index contributed by atoms with van der Waals surface area (Å²) in [6, 6.07) is 19.1. The van der Waals surface area contributed by atoms with Crippen LogP contribution in [0.25, 0.3) is 0 Å². The quantitative estimate of drug-likeness (QED) is 0.528. The van der Waals surface area contributed by atoms with E-state index in [9.17, 15) is 14.4 Å². The average molecular weight is 529 g/mol. The second-order valence-corrected chi connectivity index (χ2v) is 9.88. The van der Waals surface area contributed by atoms with E-state index in [1.165, 1.54) is 0 Å². The molecule has 0 saturated carbocycles. The molecule has 39 heavy (non-hydrogen) atoms. The molecule has 9 heteroatoms. The molecule has 1 atom stereocenters. The number of amides is 3. The molecule has 0 aliphatic carbocycles. The van der Waals surface area contributed by atoms with Gasteiger partial charge in [-0.2, -0.15) is 0 Å². The fraction of sp³-hybridized carbons (Fsp3) is 0.333. The van der Waals surface area contributed by atoms with Gasteiger partial charge in [-0.05, 0) is 49.4 Å². The van der Waals surface area contributed by atoms with E-state index in [4.69, 9.17) is 9.47 Å². The second kappa shape index (κ2) is 11.2. The summed E-state index contributed by atoms with van der Waals surface area (Å²) in [5.74, 6) is -0.0546. The maximum absolute atomic E-state index is 13.9. The highest BCUT2D eigenvalue weighted by molar-refractivity contribution is 5.99. The minimum Gasteiger partial charge on any atom is -0.497 e. The number of likely N-dealkylation sites (tertiary alicyclic amines) is 1. The van der Waals surface area contributed by atoms with Gasteiger partial charge in [0.15, 0.2) is 0 Å². The molecule has 3 amide bonds. The van der Waals surface area contributed by atoms with E-state index in [0.717, 1.165) is 11.3 Å². The van der Waals surface area contributed by atoms with Crippen molar-refractivity contribution in [3.8, 4) is 5.75 Å². The molecule has 0 bridgehead atoms. The second-order valence-electron chi connectivity index (χ2n) is 9.88. The zero-order valence-corrected chi connectivity index (χ0v) is 22.1. The Labute approximate surface area is 227 Å². The Morgan fingerprint density at radius 2 is 1.74 bits per heavy atom. The maximum Gasteiger partial charge on any atom is 0.256 e. The highest BCUT2D eigenvalue weighted by Crippen LogP contribution is 2.39. The summed E-state index contributed by atoms with van der Waals surface area (Å²) in [4.78, 5) is 48.1. The van der Waals surface area contributed by atoms with Crippen molar-refractivity contribution < 1.29 is 23.9 Å². The first-order chi connectivity index (χ1) is 18.9. The Morgan fingerprint density at radius 3 is 2.44 bits per heavy atom. The van der Waals surface area contributed by atoms with Crippen LogP contribution < -0.4 is 10.1 Å². The third kappa shape index (κ3) is 5.49. The SMILES string of the molecule is COc1cccc(C(=O)N2CCC3(CC2)OC[C@@H](C(=O)NCc2ccccn2)N3C(=O)c2cccc(C)c2)c1. The summed E-state index contributed by atoms with van der Waals surface area (Å²) in [7, 11) is 1.56. The lowest BCUT2D eigenvalue weighted by atomic mass is 9.95. The van der Waals surface area contributed by atoms with Crippen molar-refractivity contribution in [1.82, 2.24) is 20.1 Å². The van der Waals surface area contributed by atoms with Gasteiger partial charge in [-0.1, -0.05) is 29.8 Å². The van der Waals surface area contributed by atoms with Crippen LogP contribution in [0.3, 0.4) is 0 Å². The number of aromatic nitrogens is 1. The molecule has 1 N–H and O–H groups in total. The minimum absolute atomic E-state index is 0.0788. The van der Waals surface area contributed by atoms with Crippen molar-refractivity contribution in [2.75, 3.05) is 26.8 Å². The fourth-order valence-corrected chi connectivity index (χ4v) is 5.28. The number of aryl methyl sites for hydroxylation is 1. The van der Waals surface area contributed by atoms with E-state index in [1.807, 2.05) is 43.3 Å². The van der Waals surface area contributed by atoms with Gasteiger partial charge in [0.05, 0.1) is 26.0 Å². The summed E-state index contributed by atoms with van der Waals surface area (Å²) in [5.41, 5.74) is 1.72. The number of rotatable bonds is 6. The van der Waals surface area contributed by atoms with Crippen LogP contribution >= 0.6 is 0 Å². The number of nitrogens with zero attached hydrogens (tertiary/aromatic N) is 3. The molecule has 2 aliphatic heterocycles. The van der Waals surface area contributed by atoms with Crippen LogP contribution in [-0.2, 0) is 16.1 Å². The van der Waals surface area contributed by atoms with E-state index in [0.29, 0.717) is 42.8 Å². The van der Waals surface area contributed by atoms with Gasteiger partial charge in [-0.15, -0.1) is 0 Å². The fourth-order valence-electron chi connectivity index (χ4n) is 5.28. The summed E-state index contributed by atoms with van der Waals surface area (Å²) in [6.07, 6.45) is 2.46. The number of carbonyl (C=O) groups excluding carboxylic acids is 3. The van der Waals surface area contributed by atoms with Crippen molar-refractivity contribution >= 4 is 17.7 Å². The van der Waals surface area contributed by atoms with E-state index in [1.54, 1.807) is 53.4 Å². The number of ether oxygens (including phenoxy) is 2. The van der Waals surface area contributed by atoms with Crippen LogP contribution in [0.2, 0.25) is 0 Å². The Kier molecular flexibility index (Phi) is 7.60. The highest BCUT2D eigenvalue weighted by atomic mass is 16.5. The highest BCUT2D eigenvalue weighted by Gasteiger charge is 2.54. The molecule has 2 fully saturated rings. The van der Waals surface area contributed by atoms with Gasteiger partial charge in [0.2, 0.25) is 5.91 Å². The minimum atomic E-state index is -0.987. The van der Waals surface area contributed by atoms with Gasteiger partial charge < -0.3 is 19.7 Å². The number of hydrogen-bond acceptors (Lipinski definition) is 6. The zero-order valence-electron chi connectivity index (χ0n) is 22.1. The van der Waals surface area contributed by atoms with Crippen LogP contribution in [-0.4, -0.2) is 71.1 Å². The molecular weight excluding hydrogens is 496 g/mol. The van der Waals surface area contributed by atoms with E-state index in [-0.39, 0.29) is 30.9 Å². The van der Waals surface area contributed by atoms with Crippen molar-refractivity contribution in [3.63, 3.8) is 0 Å². The predicted octanol–water partition coefficient (Wildman–Crippen LogP) is 3.19. The molecular formula is C30H32N4O5. The lowest BCUT2D eigenvalue weighted by Crippen LogP contribution is -2.59. The summed E-state index contributed by atoms with van der Waals surface area (Å²) in [5, 5.41) is 2.92. The van der Waals surface area contributed by atoms with Gasteiger partial charge in [-0.25, -0.2) is 0 Å². The Balaban J connectivity index is 1.36. The lowest BCUT2D eigenvalue weighted by molar-refractivity contribution is -0.128. The van der Waals surface area contributed by atoms with Crippen molar-refractivity contribution in [2.45, 2.75) is 38.1 Å². The number of hydrogen-bond donors (Lipinski definition) is 1. The van der Waals surface area contributed by atoms with Crippen LogP contribution in [0, 0.1) is 6.92 Å². The number of piperidine rings is 1. The van der Waals surface area contributed by atoms with E-state index >= 15 is 0 Å². The third-order valence-corrected chi connectivity index (χ3v) is 7.37. The van der Waals surface area contributed by atoms with Gasteiger partial charge in [-0.3, -0.25) is 24.3 Å². The molecule has 0 unspecified atom stereocenters. The molecule has 1 aromatic heterocycles. The Morgan fingerprint density at radius 1 is 1.00 bits per heavy atom. The van der Waals surface area contributed by atoms with Gasteiger partial charge in [0.1, 0.15) is 17.5 Å². The van der Waals surface area contributed by atoms with Gasteiger partial charge in [0, 0.05) is 43.3 Å². The van der Waals surface area contributed by atoms with Crippen LogP contribution in [0.15, 0.2) is 72.9 Å². The molecule has 3 heterocycles. The van der Waals surface area contributed by atoms with E-state index in [2.05, 4.69) is 10.3 Å². The number of methoxy groups -OCH3 is 1. The molecule has 0 radical (unpaired) electrons. The summed E-state index contributed by atoms with van der Waals surface area (Å²) >= 11 is 0. The number of benzene rings is 2. The molecule has 202 valence electrons. The van der Waals surface area contributed by atoms with Crippen molar-refractivity contribution in [3.05, 3.63) is 95.3 Å². The number of carbonyl (C=O) groups is 3. The number of nitrogens with one attached hydrogen (secondary N) is 1. The standard InChI is InChI=1S/C30H32N4O5/c1-21-7-5-8-22(17-21)29(37)34-26(27(35)32-19-24-10-3-4-14-31-24)20-39-30(34)12-15-33(16-13-30)28(36)23-9-6-11-25(18-23)38-2/h3-11,14,17-18,26H,12-13,15-16,19-20H2,1-2H3,(H,32,35)/t26-/m0/s1. The summed E-state index contributed by atoms with van der Waals surface area (Å²) < 4.78 is 11.6. The molecule has 2 aromatic carbocycles. The zero-order chi connectivity index (χ0) is 27.4.